The highest BCUT2D eigenvalue weighted by atomic mass is 35.5. The third-order valence-corrected chi connectivity index (χ3v) is 5.47. The van der Waals surface area contributed by atoms with Gasteiger partial charge in [-0.2, -0.15) is 0 Å². The molecule has 1 aromatic heterocycles. The van der Waals surface area contributed by atoms with Crippen molar-refractivity contribution >= 4 is 22.9 Å². The number of nitrogens with zero attached hydrogens (tertiary/aromatic N) is 1. The number of hydrogen-bond acceptors (Lipinski definition) is 3. The monoisotopic (exact) mass is 324 g/mol. The molecule has 0 saturated heterocycles. The highest BCUT2D eigenvalue weighted by Gasteiger charge is 2.33. The van der Waals surface area contributed by atoms with Crippen LogP contribution in [0, 0.1) is 11.2 Å². The van der Waals surface area contributed by atoms with Crippen LogP contribution in [-0.2, 0) is 12.8 Å². The van der Waals surface area contributed by atoms with E-state index in [1.165, 1.54) is 17.0 Å². The number of rotatable bonds is 2. The van der Waals surface area contributed by atoms with Crippen LogP contribution >= 0.6 is 22.9 Å². The third kappa shape index (κ3) is 3.12. The number of benzene rings is 1. The fourth-order valence-corrected chi connectivity index (χ4v) is 4.29. The minimum absolute atomic E-state index is 0.0682. The number of halogens is 2. The molecule has 1 unspecified atom stereocenters. The Morgan fingerprint density at radius 2 is 2.24 bits per heavy atom. The van der Waals surface area contributed by atoms with Crippen molar-refractivity contribution in [2.45, 2.75) is 39.2 Å². The maximum Gasteiger partial charge on any atom is 0.124 e. The minimum Gasteiger partial charge on any atom is -0.323 e. The van der Waals surface area contributed by atoms with Crippen LogP contribution in [0.2, 0.25) is 5.02 Å². The Morgan fingerprint density at radius 3 is 2.95 bits per heavy atom. The van der Waals surface area contributed by atoms with Crippen LogP contribution < -0.4 is 5.73 Å². The summed E-state index contributed by atoms with van der Waals surface area (Å²) in [7, 11) is 0. The molecular formula is C16H18ClFN2S. The standard InChI is InChI=1S/C16H18ClFN2S/c1-16(2)7-12(19)15-13(8-16)20-14(21-15)5-9-3-4-10(18)6-11(9)17/h3-4,6,12H,5,7-8,19H2,1-2H3. The molecule has 1 atom stereocenters. The quantitative estimate of drug-likeness (QED) is 0.883. The highest BCUT2D eigenvalue weighted by Crippen LogP contribution is 2.42. The third-order valence-electron chi connectivity index (χ3n) is 3.88. The van der Waals surface area contributed by atoms with Crippen LogP contribution in [0.1, 0.15) is 47.5 Å². The van der Waals surface area contributed by atoms with Gasteiger partial charge in [0.2, 0.25) is 0 Å². The van der Waals surface area contributed by atoms with Crippen LogP contribution in [0.5, 0.6) is 0 Å². The molecule has 3 rings (SSSR count). The van der Waals surface area contributed by atoms with Gasteiger partial charge in [0.1, 0.15) is 5.82 Å². The van der Waals surface area contributed by atoms with Gasteiger partial charge < -0.3 is 5.73 Å². The first-order valence-corrected chi connectivity index (χ1v) is 8.21. The molecule has 2 N–H and O–H groups in total. The highest BCUT2D eigenvalue weighted by molar-refractivity contribution is 7.11. The topological polar surface area (TPSA) is 38.9 Å². The van der Waals surface area contributed by atoms with Gasteiger partial charge in [-0.1, -0.05) is 31.5 Å². The van der Waals surface area contributed by atoms with Crippen LogP contribution in [0.15, 0.2) is 18.2 Å². The second-order valence-electron chi connectivity index (χ2n) is 6.48. The van der Waals surface area contributed by atoms with Crippen molar-refractivity contribution in [3.8, 4) is 0 Å². The Hall–Kier alpha value is -0.970. The zero-order valence-corrected chi connectivity index (χ0v) is 13.7. The lowest BCUT2D eigenvalue weighted by Crippen LogP contribution is -2.28. The molecule has 0 spiro atoms. The van der Waals surface area contributed by atoms with E-state index in [2.05, 4.69) is 13.8 Å². The lowest BCUT2D eigenvalue weighted by atomic mass is 9.77. The molecule has 1 aliphatic rings. The fraction of sp³-hybridized carbons (Fsp3) is 0.438. The molecule has 21 heavy (non-hydrogen) atoms. The first kappa shape index (κ1) is 14.9. The van der Waals surface area contributed by atoms with Crippen LogP contribution in [0.25, 0.3) is 0 Å². The van der Waals surface area contributed by atoms with E-state index < -0.39 is 0 Å². The molecule has 2 nitrogen and oxygen atoms in total. The average molecular weight is 325 g/mol. The lowest BCUT2D eigenvalue weighted by Gasteiger charge is -2.32. The van der Waals surface area contributed by atoms with E-state index in [9.17, 15) is 4.39 Å². The molecule has 2 aromatic rings. The van der Waals surface area contributed by atoms with Gasteiger partial charge in [0.25, 0.3) is 0 Å². The summed E-state index contributed by atoms with van der Waals surface area (Å²) >= 11 is 7.76. The molecule has 112 valence electrons. The summed E-state index contributed by atoms with van der Waals surface area (Å²) in [5.41, 5.74) is 8.50. The number of nitrogens with two attached hydrogens (primary N) is 1. The summed E-state index contributed by atoms with van der Waals surface area (Å²) in [5.74, 6) is -0.314. The van der Waals surface area contributed by atoms with Gasteiger partial charge in [0.15, 0.2) is 0 Å². The Morgan fingerprint density at radius 1 is 1.48 bits per heavy atom. The second-order valence-corrected chi connectivity index (χ2v) is 8.01. The van der Waals surface area contributed by atoms with Crippen LogP contribution in [0.3, 0.4) is 0 Å². The van der Waals surface area contributed by atoms with Gasteiger partial charge in [0, 0.05) is 22.4 Å². The maximum absolute atomic E-state index is 13.1. The molecule has 0 bridgehead atoms. The summed E-state index contributed by atoms with van der Waals surface area (Å²) in [4.78, 5) is 5.94. The van der Waals surface area contributed by atoms with Crippen LogP contribution in [0.4, 0.5) is 4.39 Å². The van der Waals surface area contributed by atoms with Gasteiger partial charge >= 0.3 is 0 Å². The second kappa shape index (κ2) is 5.34. The normalized spacial score (nSPS) is 20.3. The fourth-order valence-electron chi connectivity index (χ4n) is 2.95. The summed E-state index contributed by atoms with van der Waals surface area (Å²) in [6, 6.07) is 4.57. The van der Waals surface area contributed by atoms with E-state index in [1.54, 1.807) is 17.4 Å². The van der Waals surface area contributed by atoms with Gasteiger partial charge in [-0.3, -0.25) is 0 Å². The van der Waals surface area contributed by atoms with Crippen molar-refractivity contribution in [3.63, 3.8) is 0 Å². The summed E-state index contributed by atoms with van der Waals surface area (Å²) in [6.07, 6.45) is 2.58. The Labute approximate surface area is 133 Å². The predicted molar refractivity (Wildman–Crippen MR) is 85.4 cm³/mol. The first-order chi connectivity index (χ1) is 9.84. The van der Waals surface area contributed by atoms with Crippen molar-refractivity contribution in [2.24, 2.45) is 11.1 Å². The Balaban J connectivity index is 1.88. The van der Waals surface area contributed by atoms with Crippen molar-refractivity contribution in [2.75, 3.05) is 0 Å². The molecule has 0 radical (unpaired) electrons. The predicted octanol–water partition coefficient (Wildman–Crippen LogP) is 4.50. The van der Waals surface area contributed by atoms with E-state index in [0.717, 1.165) is 29.1 Å². The van der Waals surface area contributed by atoms with E-state index in [-0.39, 0.29) is 17.3 Å². The van der Waals surface area contributed by atoms with E-state index in [1.807, 2.05) is 0 Å². The molecule has 0 aliphatic heterocycles. The summed E-state index contributed by atoms with van der Waals surface area (Å²) in [5, 5.41) is 1.45. The van der Waals surface area contributed by atoms with Crippen molar-refractivity contribution in [3.05, 3.63) is 50.2 Å². The number of aromatic nitrogens is 1. The molecule has 1 aliphatic carbocycles. The van der Waals surface area contributed by atoms with E-state index in [4.69, 9.17) is 22.3 Å². The first-order valence-electron chi connectivity index (χ1n) is 7.02. The van der Waals surface area contributed by atoms with Crippen molar-refractivity contribution < 1.29 is 4.39 Å². The molecule has 0 saturated carbocycles. The molecule has 0 amide bonds. The van der Waals surface area contributed by atoms with E-state index in [0.29, 0.717) is 11.4 Å². The van der Waals surface area contributed by atoms with Crippen molar-refractivity contribution in [1.82, 2.24) is 4.98 Å². The molecule has 1 heterocycles. The molecule has 5 heteroatoms. The smallest absolute Gasteiger partial charge is 0.124 e. The Bertz CT molecular complexity index is 681. The lowest BCUT2D eigenvalue weighted by molar-refractivity contribution is 0.282. The minimum atomic E-state index is -0.314. The Kier molecular flexibility index (Phi) is 3.80. The van der Waals surface area contributed by atoms with Gasteiger partial charge in [-0.25, -0.2) is 9.37 Å². The molecule has 1 aromatic carbocycles. The number of thiazole rings is 1. The number of fused-ring (bicyclic) bond motifs is 1. The number of hydrogen-bond donors (Lipinski definition) is 1. The summed E-state index contributed by atoms with van der Waals surface area (Å²) in [6.45, 7) is 4.46. The SMILES string of the molecule is CC1(C)Cc2nc(Cc3ccc(F)cc3Cl)sc2C(N)C1. The van der Waals surface area contributed by atoms with Crippen LogP contribution in [-0.4, -0.2) is 4.98 Å². The van der Waals surface area contributed by atoms with Gasteiger partial charge in [0.05, 0.1) is 10.7 Å². The molecule has 0 fully saturated rings. The van der Waals surface area contributed by atoms with Gasteiger partial charge in [-0.15, -0.1) is 11.3 Å². The largest absolute Gasteiger partial charge is 0.323 e. The maximum atomic E-state index is 13.1. The van der Waals surface area contributed by atoms with E-state index >= 15 is 0 Å². The zero-order valence-electron chi connectivity index (χ0n) is 12.1. The van der Waals surface area contributed by atoms with Crippen molar-refractivity contribution in [1.29, 1.82) is 0 Å². The van der Waals surface area contributed by atoms with Gasteiger partial charge in [-0.05, 0) is 36.0 Å². The zero-order chi connectivity index (χ0) is 15.2. The molecular weight excluding hydrogens is 307 g/mol. The summed E-state index contributed by atoms with van der Waals surface area (Å²) < 4.78 is 13.1. The average Bonchev–Trinajstić information content (AvgIpc) is 2.74.